The number of benzene rings is 1. The molecule has 0 saturated heterocycles. The third-order valence-electron chi connectivity index (χ3n) is 1.92. The highest BCUT2D eigenvalue weighted by atomic mass is 16.5. The van der Waals surface area contributed by atoms with Gasteiger partial charge in [0.2, 0.25) is 0 Å². The number of carboxylic acids is 1. The van der Waals surface area contributed by atoms with Gasteiger partial charge in [-0.1, -0.05) is 0 Å². The van der Waals surface area contributed by atoms with Gasteiger partial charge in [0.25, 0.3) is 0 Å². The maximum atomic E-state index is 10.4. The maximum absolute atomic E-state index is 10.4. The molecule has 0 radical (unpaired) electrons. The fourth-order valence-electron chi connectivity index (χ4n) is 1.18. The van der Waals surface area contributed by atoms with Crippen LogP contribution in [-0.2, 0) is 4.79 Å². The highest BCUT2D eigenvalue weighted by molar-refractivity contribution is 5.86. The SMILES string of the molecule is COc1ccc(C=CC(=O)O)c(OCC#N)c1. The number of methoxy groups -OCH3 is 1. The molecular formula is C12H11NO4. The van der Waals surface area contributed by atoms with Gasteiger partial charge in [0.1, 0.15) is 17.6 Å². The molecule has 1 aromatic rings. The molecule has 1 N–H and O–H groups in total. The highest BCUT2D eigenvalue weighted by Gasteiger charge is 2.03. The summed E-state index contributed by atoms with van der Waals surface area (Å²) in [7, 11) is 1.51. The van der Waals surface area contributed by atoms with Gasteiger partial charge >= 0.3 is 5.97 Å². The molecule has 0 heterocycles. The molecular weight excluding hydrogens is 222 g/mol. The topological polar surface area (TPSA) is 79.6 Å². The fourth-order valence-corrected chi connectivity index (χ4v) is 1.18. The van der Waals surface area contributed by atoms with Crippen LogP contribution in [0.4, 0.5) is 0 Å². The first-order valence-corrected chi connectivity index (χ1v) is 4.76. The Morgan fingerprint density at radius 2 is 2.35 bits per heavy atom. The van der Waals surface area contributed by atoms with E-state index in [9.17, 15) is 4.79 Å². The molecule has 0 aliphatic carbocycles. The summed E-state index contributed by atoms with van der Waals surface area (Å²) in [6.07, 6.45) is 2.40. The lowest BCUT2D eigenvalue weighted by Crippen LogP contribution is -1.97. The predicted molar refractivity (Wildman–Crippen MR) is 60.8 cm³/mol. The average molecular weight is 233 g/mol. The molecule has 0 atom stereocenters. The molecule has 0 unspecified atom stereocenters. The van der Waals surface area contributed by atoms with Crippen molar-refractivity contribution in [2.45, 2.75) is 0 Å². The van der Waals surface area contributed by atoms with Crippen molar-refractivity contribution in [3.05, 3.63) is 29.8 Å². The molecule has 0 fully saturated rings. The molecule has 0 aromatic heterocycles. The Morgan fingerprint density at radius 1 is 1.59 bits per heavy atom. The quantitative estimate of drug-likeness (QED) is 0.783. The van der Waals surface area contributed by atoms with Crippen LogP contribution < -0.4 is 9.47 Å². The van der Waals surface area contributed by atoms with Crippen LogP contribution in [0.15, 0.2) is 24.3 Å². The highest BCUT2D eigenvalue weighted by Crippen LogP contribution is 2.25. The lowest BCUT2D eigenvalue weighted by molar-refractivity contribution is -0.131. The molecule has 1 rings (SSSR count). The lowest BCUT2D eigenvalue weighted by Gasteiger charge is -2.08. The predicted octanol–water partition coefficient (Wildman–Crippen LogP) is 1.70. The summed E-state index contributed by atoms with van der Waals surface area (Å²) < 4.78 is 10.2. The molecule has 0 spiro atoms. The summed E-state index contributed by atoms with van der Waals surface area (Å²) in [5.74, 6) is -0.0686. The van der Waals surface area contributed by atoms with E-state index in [0.717, 1.165) is 6.08 Å². The fraction of sp³-hybridized carbons (Fsp3) is 0.167. The van der Waals surface area contributed by atoms with E-state index in [-0.39, 0.29) is 6.61 Å². The first kappa shape index (κ1) is 12.6. The Bertz CT molecular complexity index is 474. The van der Waals surface area contributed by atoms with E-state index in [0.29, 0.717) is 17.1 Å². The van der Waals surface area contributed by atoms with Crippen LogP contribution in [0, 0.1) is 11.3 Å². The zero-order valence-electron chi connectivity index (χ0n) is 9.21. The monoisotopic (exact) mass is 233 g/mol. The molecule has 5 heteroatoms. The van der Waals surface area contributed by atoms with Gasteiger partial charge in [0.15, 0.2) is 6.61 Å². The van der Waals surface area contributed by atoms with Crippen molar-refractivity contribution in [2.24, 2.45) is 0 Å². The van der Waals surface area contributed by atoms with Gasteiger partial charge in [-0.25, -0.2) is 4.79 Å². The number of aliphatic carboxylic acids is 1. The number of hydrogen-bond donors (Lipinski definition) is 1. The van der Waals surface area contributed by atoms with Gasteiger partial charge in [-0.2, -0.15) is 5.26 Å². The number of carbonyl (C=O) groups is 1. The van der Waals surface area contributed by atoms with E-state index in [1.807, 2.05) is 6.07 Å². The van der Waals surface area contributed by atoms with Crippen LogP contribution >= 0.6 is 0 Å². The standard InChI is InChI=1S/C12H11NO4/c1-16-10-4-2-9(3-5-12(14)15)11(8-10)17-7-6-13/h2-5,8H,7H2,1H3,(H,14,15). The summed E-state index contributed by atoms with van der Waals surface area (Å²) in [6, 6.07) is 6.78. The molecule has 0 aliphatic heterocycles. The molecule has 0 saturated carbocycles. The Kier molecular flexibility index (Phi) is 4.58. The van der Waals surface area contributed by atoms with Crippen molar-refractivity contribution in [1.82, 2.24) is 0 Å². The first-order chi connectivity index (χ1) is 8.17. The number of hydrogen-bond acceptors (Lipinski definition) is 4. The van der Waals surface area contributed by atoms with Crippen LogP contribution in [0.2, 0.25) is 0 Å². The van der Waals surface area contributed by atoms with Crippen LogP contribution in [0.5, 0.6) is 11.5 Å². The van der Waals surface area contributed by atoms with Gasteiger partial charge < -0.3 is 14.6 Å². The van der Waals surface area contributed by atoms with Gasteiger partial charge in [-0.3, -0.25) is 0 Å². The largest absolute Gasteiger partial charge is 0.497 e. The molecule has 0 bridgehead atoms. The van der Waals surface area contributed by atoms with E-state index in [4.69, 9.17) is 19.8 Å². The molecule has 0 amide bonds. The molecule has 1 aromatic carbocycles. The third kappa shape index (κ3) is 3.87. The third-order valence-corrected chi connectivity index (χ3v) is 1.92. The number of rotatable bonds is 5. The van der Waals surface area contributed by atoms with Crippen LogP contribution in [-0.4, -0.2) is 24.8 Å². The van der Waals surface area contributed by atoms with E-state index >= 15 is 0 Å². The van der Waals surface area contributed by atoms with Crippen molar-refractivity contribution in [1.29, 1.82) is 5.26 Å². The Hall–Kier alpha value is -2.48. The van der Waals surface area contributed by atoms with Gasteiger partial charge in [-0.15, -0.1) is 0 Å². The van der Waals surface area contributed by atoms with Gasteiger partial charge in [0, 0.05) is 17.7 Å². The van der Waals surface area contributed by atoms with Gasteiger partial charge in [0.05, 0.1) is 7.11 Å². The summed E-state index contributed by atoms with van der Waals surface area (Å²) in [4.78, 5) is 10.4. The van der Waals surface area contributed by atoms with Gasteiger partial charge in [-0.05, 0) is 18.2 Å². The lowest BCUT2D eigenvalue weighted by atomic mass is 10.1. The van der Waals surface area contributed by atoms with E-state index in [1.165, 1.54) is 13.2 Å². The second kappa shape index (κ2) is 6.18. The van der Waals surface area contributed by atoms with E-state index in [2.05, 4.69) is 0 Å². The molecule has 88 valence electrons. The Labute approximate surface area is 98.5 Å². The summed E-state index contributed by atoms with van der Waals surface area (Å²) >= 11 is 0. The van der Waals surface area contributed by atoms with Crippen molar-refractivity contribution in [3.8, 4) is 17.6 Å². The number of ether oxygens (including phenoxy) is 2. The zero-order valence-corrected chi connectivity index (χ0v) is 9.21. The normalized spacial score (nSPS) is 9.88. The summed E-state index contributed by atoms with van der Waals surface area (Å²) in [6.45, 7) is -0.110. The second-order valence-electron chi connectivity index (χ2n) is 3.02. The molecule has 5 nitrogen and oxygen atoms in total. The van der Waals surface area contributed by atoms with Crippen molar-refractivity contribution >= 4 is 12.0 Å². The molecule has 17 heavy (non-hydrogen) atoms. The Balaban J connectivity index is 3.02. The average Bonchev–Trinajstić information content (AvgIpc) is 2.34. The van der Waals surface area contributed by atoms with E-state index in [1.54, 1.807) is 18.2 Å². The minimum atomic E-state index is -1.05. The van der Waals surface area contributed by atoms with Crippen LogP contribution in [0.1, 0.15) is 5.56 Å². The number of carboxylic acid groups (broad SMARTS) is 1. The van der Waals surface area contributed by atoms with E-state index < -0.39 is 5.97 Å². The smallest absolute Gasteiger partial charge is 0.328 e. The van der Waals surface area contributed by atoms with Crippen LogP contribution in [0.3, 0.4) is 0 Å². The minimum absolute atomic E-state index is 0.110. The summed E-state index contributed by atoms with van der Waals surface area (Å²) in [5, 5.41) is 17.0. The first-order valence-electron chi connectivity index (χ1n) is 4.76. The molecule has 0 aliphatic rings. The number of nitrogens with zero attached hydrogens (tertiary/aromatic N) is 1. The second-order valence-corrected chi connectivity index (χ2v) is 3.02. The van der Waals surface area contributed by atoms with Crippen molar-refractivity contribution < 1.29 is 19.4 Å². The summed E-state index contributed by atoms with van der Waals surface area (Å²) in [5.41, 5.74) is 0.573. The zero-order chi connectivity index (χ0) is 12.7. The maximum Gasteiger partial charge on any atom is 0.328 e. The van der Waals surface area contributed by atoms with Crippen molar-refractivity contribution in [2.75, 3.05) is 13.7 Å². The Morgan fingerprint density at radius 3 is 2.94 bits per heavy atom. The minimum Gasteiger partial charge on any atom is -0.497 e. The van der Waals surface area contributed by atoms with Crippen LogP contribution in [0.25, 0.3) is 6.08 Å². The van der Waals surface area contributed by atoms with Crippen molar-refractivity contribution in [3.63, 3.8) is 0 Å². The number of nitriles is 1.